The minimum absolute atomic E-state index is 0.0447. The molecule has 0 heterocycles. The third-order valence-electron chi connectivity index (χ3n) is 9.30. The van der Waals surface area contributed by atoms with Crippen molar-refractivity contribution in [1.29, 1.82) is 0 Å². The highest BCUT2D eigenvalue weighted by Gasteiger charge is 2.79. The van der Waals surface area contributed by atoms with Gasteiger partial charge in [0.15, 0.2) is 5.60 Å². The molecule has 4 aliphatic carbocycles. The van der Waals surface area contributed by atoms with Gasteiger partial charge in [0.2, 0.25) is 0 Å². The van der Waals surface area contributed by atoms with E-state index in [1.165, 1.54) is 25.0 Å². The van der Waals surface area contributed by atoms with Crippen molar-refractivity contribution < 1.29 is 23.8 Å². The van der Waals surface area contributed by atoms with E-state index < -0.39 is 5.60 Å². The second-order valence-electron chi connectivity index (χ2n) is 10.1. The summed E-state index contributed by atoms with van der Waals surface area (Å²) in [5, 5.41) is 0. The van der Waals surface area contributed by atoms with E-state index in [-0.39, 0.29) is 28.9 Å². The monoisotopic (exact) mass is 412 g/mol. The van der Waals surface area contributed by atoms with Crippen LogP contribution in [0.5, 0.6) is 5.75 Å². The lowest BCUT2D eigenvalue weighted by molar-refractivity contribution is -0.197. The van der Waals surface area contributed by atoms with Gasteiger partial charge in [-0.15, -0.1) is 0 Å². The summed E-state index contributed by atoms with van der Waals surface area (Å²) < 4.78 is 17.4. The van der Waals surface area contributed by atoms with Gasteiger partial charge in [0.25, 0.3) is 0 Å². The van der Waals surface area contributed by atoms with Crippen molar-refractivity contribution in [1.82, 2.24) is 0 Å². The molecular weight excluding hydrogens is 380 g/mol. The lowest BCUT2D eigenvalue weighted by Crippen LogP contribution is -2.55. The number of methoxy groups -OCH3 is 1. The zero-order chi connectivity index (χ0) is 21.3. The number of benzene rings is 1. The van der Waals surface area contributed by atoms with E-state index in [1.807, 2.05) is 0 Å². The summed E-state index contributed by atoms with van der Waals surface area (Å²) in [6.45, 7) is 5.26. The van der Waals surface area contributed by atoms with Gasteiger partial charge in [0.1, 0.15) is 11.9 Å². The Hall–Kier alpha value is -2.04. The molecule has 30 heavy (non-hydrogen) atoms. The molecule has 2 bridgehead atoms. The van der Waals surface area contributed by atoms with E-state index in [4.69, 9.17) is 14.2 Å². The maximum atomic E-state index is 12.2. The predicted octanol–water partition coefficient (Wildman–Crippen LogP) is 4.56. The fourth-order valence-corrected chi connectivity index (χ4v) is 8.23. The zero-order valence-electron chi connectivity index (χ0n) is 18.5. The van der Waals surface area contributed by atoms with Gasteiger partial charge in [-0.1, -0.05) is 13.0 Å². The number of hydrogen-bond acceptors (Lipinski definition) is 5. The Kier molecular flexibility index (Phi) is 4.30. The van der Waals surface area contributed by atoms with Crippen LogP contribution in [0.2, 0.25) is 0 Å². The Morgan fingerprint density at radius 2 is 1.87 bits per heavy atom. The van der Waals surface area contributed by atoms with Crippen molar-refractivity contribution in [3.8, 4) is 5.75 Å². The average molecular weight is 413 g/mol. The van der Waals surface area contributed by atoms with E-state index in [0.29, 0.717) is 11.8 Å². The summed E-state index contributed by atoms with van der Waals surface area (Å²) in [4.78, 5) is 24.1. The Labute approximate surface area is 178 Å². The first-order chi connectivity index (χ1) is 14.3. The Bertz CT molecular complexity index is 909. The molecule has 0 saturated heterocycles. The van der Waals surface area contributed by atoms with Crippen LogP contribution in [0.15, 0.2) is 18.2 Å². The number of carbonyl (C=O) groups excluding carboxylic acids is 2. The quantitative estimate of drug-likeness (QED) is 0.681. The maximum Gasteiger partial charge on any atom is 0.303 e. The highest BCUT2D eigenvalue weighted by Crippen LogP contribution is 2.78. The van der Waals surface area contributed by atoms with Crippen LogP contribution in [0, 0.1) is 16.7 Å². The first kappa shape index (κ1) is 19.9. The van der Waals surface area contributed by atoms with Crippen molar-refractivity contribution in [2.45, 2.75) is 83.3 Å². The van der Waals surface area contributed by atoms with Gasteiger partial charge < -0.3 is 14.2 Å². The molecule has 0 aromatic heterocycles. The average Bonchev–Trinajstić information content (AvgIpc) is 3.06. The van der Waals surface area contributed by atoms with E-state index in [2.05, 4.69) is 25.1 Å². The van der Waals surface area contributed by atoms with Gasteiger partial charge in [-0.05, 0) is 85.5 Å². The van der Waals surface area contributed by atoms with Crippen LogP contribution in [-0.4, -0.2) is 30.8 Å². The summed E-state index contributed by atoms with van der Waals surface area (Å²) >= 11 is 0. The second kappa shape index (κ2) is 6.48. The fraction of sp³-hybridized carbons (Fsp3) is 0.680. The molecule has 0 unspecified atom stereocenters. The lowest BCUT2D eigenvalue weighted by Gasteiger charge is -2.56. The van der Waals surface area contributed by atoms with Crippen molar-refractivity contribution in [3.63, 3.8) is 0 Å². The maximum absolute atomic E-state index is 12.2. The first-order valence-electron chi connectivity index (χ1n) is 11.3. The Morgan fingerprint density at radius 1 is 1.07 bits per heavy atom. The molecular formula is C25H32O5. The molecule has 3 saturated carbocycles. The van der Waals surface area contributed by atoms with Crippen LogP contribution in [0.25, 0.3) is 0 Å². The lowest BCUT2D eigenvalue weighted by atomic mass is 9.48. The molecule has 1 aromatic rings. The SMILES string of the molecule is COc1ccc2c(c1)CC[C@@H]1[C@@H]2CC[C@@]2(C)[C@]13CC[C@@]2(OC(C)=O)[C@H](OC(C)=O)C3. The minimum Gasteiger partial charge on any atom is -0.497 e. The number of aryl methyl sites for hydroxylation is 1. The number of ether oxygens (including phenoxy) is 3. The van der Waals surface area contributed by atoms with Gasteiger partial charge in [-0.3, -0.25) is 9.59 Å². The number of hydrogen-bond donors (Lipinski definition) is 0. The number of fused-ring (bicyclic) bond motifs is 3. The summed E-state index contributed by atoms with van der Waals surface area (Å²) in [6.07, 6.45) is 6.55. The molecule has 4 aliphatic rings. The van der Waals surface area contributed by atoms with Crippen molar-refractivity contribution in [2.75, 3.05) is 7.11 Å². The molecule has 0 amide bonds. The molecule has 0 aliphatic heterocycles. The molecule has 3 fully saturated rings. The highest BCUT2D eigenvalue weighted by atomic mass is 16.6. The van der Waals surface area contributed by atoms with Gasteiger partial charge >= 0.3 is 11.9 Å². The number of rotatable bonds is 3. The van der Waals surface area contributed by atoms with Crippen LogP contribution in [-0.2, 0) is 25.5 Å². The number of carbonyl (C=O) groups is 2. The summed E-state index contributed by atoms with van der Waals surface area (Å²) in [6, 6.07) is 6.54. The third-order valence-corrected chi connectivity index (χ3v) is 9.30. The van der Waals surface area contributed by atoms with Gasteiger partial charge in [-0.2, -0.15) is 0 Å². The van der Waals surface area contributed by atoms with E-state index in [1.54, 1.807) is 7.11 Å². The zero-order valence-corrected chi connectivity index (χ0v) is 18.5. The summed E-state index contributed by atoms with van der Waals surface area (Å²) in [5.41, 5.74) is 2.08. The minimum atomic E-state index is -0.685. The Morgan fingerprint density at radius 3 is 2.57 bits per heavy atom. The van der Waals surface area contributed by atoms with Crippen LogP contribution >= 0.6 is 0 Å². The number of esters is 2. The van der Waals surface area contributed by atoms with Crippen LogP contribution in [0.3, 0.4) is 0 Å². The molecule has 0 spiro atoms. The molecule has 6 atom stereocenters. The molecule has 162 valence electrons. The van der Waals surface area contributed by atoms with Crippen molar-refractivity contribution in [2.24, 2.45) is 16.7 Å². The van der Waals surface area contributed by atoms with Gasteiger partial charge in [0, 0.05) is 19.3 Å². The molecule has 1 aromatic carbocycles. The third kappa shape index (κ3) is 2.35. The fourth-order valence-electron chi connectivity index (χ4n) is 8.23. The van der Waals surface area contributed by atoms with Crippen LogP contribution in [0.4, 0.5) is 0 Å². The largest absolute Gasteiger partial charge is 0.497 e. The molecule has 5 nitrogen and oxygen atoms in total. The van der Waals surface area contributed by atoms with Gasteiger partial charge in [-0.25, -0.2) is 0 Å². The predicted molar refractivity (Wildman–Crippen MR) is 111 cm³/mol. The van der Waals surface area contributed by atoms with Crippen molar-refractivity contribution in [3.05, 3.63) is 29.3 Å². The molecule has 0 radical (unpaired) electrons. The first-order valence-corrected chi connectivity index (χ1v) is 11.3. The normalized spacial score (nSPS) is 40.7. The highest BCUT2D eigenvalue weighted by molar-refractivity contribution is 5.68. The second-order valence-corrected chi connectivity index (χ2v) is 10.1. The smallest absolute Gasteiger partial charge is 0.303 e. The van der Waals surface area contributed by atoms with E-state index in [9.17, 15) is 9.59 Å². The van der Waals surface area contributed by atoms with Crippen LogP contribution < -0.4 is 4.74 Å². The van der Waals surface area contributed by atoms with E-state index >= 15 is 0 Å². The Balaban J connectivity index is 1.57. The molecule has 5 rings (SSSR count). The molecule has 5 heteroatoms. The topological polar surface area (TPSA) is 61.8 Å². The van der Waals surface area contributed by atoms with Gasteiger partial charge in [0.05, 0.1) is 7.11 Å². The summed E-state index contributed by atoms with van der Waals surface area (Å²) in [5.74, 6) is 1.41. The van der Waals surface area contributed by atoms with E-state index in [0.717, 1.165) is 50.7 Å². The summed E-state index contributed by atoms with van der Waals surface area (Å²) in [7, 11) is 1.72. The van der Waals surface area contributed by atoms with Crippen molar-refractivity contribution >= 4 is 11.9 Å². The standard InChI is InChI=1S/C25H32O5/c1-15(26)29-22-14-24-11-12-25(22,30-16(2)27)23(24,3)10-9-20-19-7-6-18(28-4)13-17(19)5-8-21(20)24/h6-7,13,20-22H,5,8-12,14H2,1-4H3/t20-,21-,22-,23+,24+,25-/m1/s1. The molecule has 0 N–H and O–H groups in total. The van der Waals surface area contributed by atoms with Crippen LogP contribution in [0.1, 0.15) is 76.3 Å².